The highest BCUT2D eigenvalue weighted by atomic mass is 15.2. The van der Waals surface area contributed by atoms with E-state index in [9.17, 15) is 0 Å². The molecule has 1 aliphatic heterocycles. The van der Waals surface area contributed by atoms with Crippen molar-refractivity contribution >= 4 is 5.82 Å². The fraction of sp³-hybridized carbons (Fsp3) is 0.615. The molecule has 0 amide bonds. The molecule has 1 fully saturated rings. The van der Waals surface area contributed by atoms with Gasteiger partial charge in [0.1, 0.15) is 5.82 Å². The minimum Gasteiger partial charge on any atom is -0.383 e. The number of aromatic nitrogens is 1. The number of nitrogens with zero attached hydrogens (tertiary/aromatic N) is 2. The Bertz CT molecular complexity index is 338. The van der Waals surface area contributed by atoms with E-state index in [2.05, 4.69) is 22.9 Å². The molecule has 1 aromatic rings. The maximum Gasteiger partial charge on any atom is 0.128 e. The van der Waals surface area contributed by atoms with Gasteiger partial charge >= 0.3 is 0 Å². The van der Waals surface area contributed by atoms with Crippen LogP contribution in [-0.4, -0.2) is 23.0 Å². The van der Waals surface area contributed by atoms with Crippen LogP contribution in [0.3, 0.4) is 0 Å². The second kappa shape index (κ2) is 5.30. The van der Waals surface area contributed by atoms with Crippen molar-refractivity contribution in [2.75, 3.05) is 18.8 Å². The lowest BCUT2D eigenvalue weighted by Crippen LogP contribution is -2.25. The molecule has 1 atom stereocenters. The summed E-state index contributed by atoms with van der Waals surface area (Å²) in [7, 11) is 0. The van der Waals surface area contributed by atoms with Crippen LogP contribution >= 0.6 is 0 Å². The topological polar surface area (TPSA) is 42.2 Å². The average molecular weight is 219 g/mol. The highest BCUT2D eigenvalue weighted by molar-refractivity contribution is 5.41. The van der Waals surface area contributed by atoms with E-state index >= 15 is 0 Å². The highest BCUT2D eigenvalue weighted by Gasteiger charge is 2.26. The molecule has 0 bridgehead atoms. The van der Waals surface area contributed by atoms with Gasteiger partial charge in [0.05, 0.1) is 0 Å². The van der Waals surface area contributed by atoms with Gasteiger partial charge in [0.15, 0.2) is 0 Å². The lowest BCUT2D eigenvalue weighted by molar-refractivity contribution is 0.253. The number of anilines is 1. The van der Waals surface area contributed by atoms with E-state index in [0.717, 1.165) is 0 Å². The quantitative estimate of drug-likeness (QED) is 0.846. The molecule has 0 radical (unpaired) electrons. The first kappa shape index (κ1) is 11.4. The van der Waals surface area contributed by atoms with Crippen molar-refractivity contribution in [1.29, 1.82) is 0 Å². The number of unbranched alkanes of at least 4 members (excludes halogenated alkanes) is 1. The highest BCUT2D eigenvalue weighted by Crippen LogP contribution is 2.33. The third-order valence-corrected chi connectivity index (χ3v) is 3.39. The Balaban J connectivity index is 2.10. The molecule has 2 rings (SSSR count). The third kappa shape index (κ3) is 2.35. The molecule has 2 N–H and O–H groups in total. The van der Waals surface area contributed by atoms with E-state index < -0.39 is 0 Å². The number of hydrogen-bond acceptors (Lipinski definition) is 3. The average Bonchev–Trinajstić information content (AvgIpc) is 2.75. The monoisotopic (exact) mass is 219 g/mol. The van der Waals surface area contributed by atoms with Crippen molar-refractivity contribution in [1.82, 2.24) is 9.88 Å². The second-order valence-corrected chi connectivity index (χ2v) is 4.53. The van der Waals surface area contributed by atoms with E-state index in [1.54, 1.807) is 6.20 Å². The van der Waals surface area contributed by atoms with Crippen LogP contribution < -0.4 is 5.73 Å². The third-order valence-electron chi connectivity index (χ3n) is 3.39. The van der Waals surface area contributed by atoms with Crippen LogP contribution in [0.4, 0.5) is 5.82 Å². The molecule has 88 valence electrons. The Kier molecular flexibility index (Phi) is 3.78. The Morgan fingerprint density at radius 2 is 2.44 bits per heavy atom. The summed E-state index contributed by atoms with van der Waals surface area (Å²) in [6.07, 6.45) is 6.80. The van der Waals surface area contributed by atoms with Crippen molar-refractivity contribution in [2.45, 2.75) is 38.6 Å². The van der Waals surface area contributed by atoms with Gasteiger partial charge in [0, 0.05) is 17.8 Å². The van der Waals surface area contributed by atoms with E-state index in [-0.39, 0.29) is 0 Å². The van der Waals surface area contributed by atoms with Crippen molar-refractivity contribution < 1.29 is 0 Å². The summed E-state index contributed by atoms with van der Waals surface area (Å²) in [6.45, 7) is 4.64. The Morgan fingerprint density at radius 1 is 1.56 bits per heavy atom. The molecule has 1 aliphatic rings. The summed E-state index contributed by atoms with van der Waals surface area (Å²) in [5, 5.41) is 0. The summed E-state index contributed by atoms with van der Waals surface area (Å²) in [4.78, 5) is 6.74. The molecule has 3 nitrogen and oxygen atoms in total. The van der Waals surface area contributed by atoms with Gasteiger partial charge in [-0.1, -0.05) is 19.4 Å². The van der Waals surface area contributed by atoms with Gasteiger partial charge < -0.3 is 5.73 Å². The first-order valence-electron chi connectivity index (χ1n) is 6.27. The maximum absolute atomic E-state index is 5.95. The van der Waals surface area contributed by atoms with Crippen molar-refractivity contribution in [3.8, 4) is 0 Å². The smallest absolute Gasteiger partial charge is 0.128 e. The van der Waals surface area contributed by atoms with Gasteiger partial charge in [0.25, 0.3) is 0 Å². The van der Waals surface area contributed by atoms with Crippen LogP contribution in [0.5, 0.6) is 0 Å². The van der Waals surface area contributed by atoms with Crippen LogP contribution in [0.25, 0.3) is 0 Å². The molecule has 16 heavy (non-hydrogen) atoms. The van der Waals surface area contributed by atoms with Crippen LogP contribution in [0.2, 0.25) is 0 Å². The lowest BCUT2D eigenvalue weighted by atomic mass is 10.1. The molecule has 0 spiro atoms. The zero-order valence-corrected chi connectivity index (χ0v) is 10.0. The van der Waals surface area contributed by atoms with E-state index in [4.69, 9.17) is 5.73 Å². The molecule has 3 heteroatoms. The van der Waals surface area contributed by atoms with Gasteiger partial charge in [-0.05, 0) is 38.4 Å². The van der Waals surface area contributed by atoms with Crippen LogP contribution in [0.1, 0.15) is 44.2 Å². The standard InChI is InChI=1S/C13H21N3/c1-2-3-9-16-10-5-7-12(16)11-6-4-8-15-13(11)14/h4,6,8,12H,2-3,5,7,9-10H2,1H3,(H2,14,15). The number of rotatable bonds is 4. The number of nitrogen functional groups attached to an aromatic ring is 1. The van der Waals surface area contributed by atoms with Gasteiger partial charge in [0.2, 0.25) is 0 Å². The predicted octanol–water partition coefficient (Wildman–Crippen LogP) is 2.60. The van der Waals surface area contributed by atoms with Crippen molar-refractivity contribution in [2.24, 2.45) is 0 Å². The number of likely N-dealkylation sites (tertiary alicyclic amines) is 1. The Hall–Kier alpha value is -1.09. The molecule has 2 heterocycles. The second-order valence-electron chi connectivity index (χ2n) is 4.53. The molecule has 1 unspecified atom stereocenters. The summed E-state index contributed by atoms with van der Waals surface area (Å²) in [5.41, 5.74) is 7.17. The van der Waals surface area contributed by atoms with Crippen LogP contribution in [0.15, 0.2) is 18.3 Å². The summed E-state index contributed by atoms with van der Waals surface area (Å²) >= 11 is 0. The number of pyridine rings is 1. The molecule has 0 aliphatic carbocycles. The van der Waals surface area contributed by atoms with Gasteiger partial charge in [-0.2, -0.15) is 0 Å². The molecule has 0 aromatic carbocycles. The van der Waals surface area contributed by atoms with Gasteiger partial charge in [-0.15, -0.1) is 0 Å². The molecular formula is C13H21N3. The Labute approximate surface area is 97.7 Å². The van der Waals surface area contributed by atoms with Crippen LogP contribution in [0, 0.1) is 0 Å². The summed E-state index contributed by atoms with van der Waals surface area (Å²) in [5.74, 6) is 0.705. The number of hydrogen-bond donors (Lipinski definition) is 1. The largest absolute Gasteiger partial charge is 0.383 e. The minimum atomic E-state index is 0.500. The van der Waals surface area contributed by atoms with E-state index in [0.29, 0.717) is 11.9 Å². The first-order chi connectivity index (χ1) is 7.83. The molecule has 0 saturated carbocycles. The molecule has 1 saturated heterocycles. The van der Waals surface area contributed by atoms with E-state index in [1.165, 1.54) is 44.3 Å². The zero-order chi connectivity index (χ0) is 11.4. The fourth-order valence-electron chi connectivity index (χ4n) is 2.52. The normalized spacial score (nSPS) is 21.4. The fourth-order valence-corrected chi connectivity index (χ4v) is 2.52. The predicted molar refractivity (Wildman–Crippen MR) is 67.1 cm³/mol. The van der Waals surface area contributed by atoms with Gasteiger partial charge in [-0.3, -0.25) is 4.90 Å². The summed E-state index contributed by atoms with van der Waals surface area (Å²) < 4.78 is 0. The van der Waals surface area contributed by atoms with Crippen molar-refractivity contribution in [3.05, 3.63) is 23.9 Å². The minimum absolute atomic E-state index is 0.500. The SMILES string of the molecule is CCCCN1CCCC1c1cccnc1N. The van der Waals surface area contributed by atoms with Crippen LogP contribution in [-0.2, 0) is 0 Å². The number of nitrogens with two attached hydrogens (primary N) is 1. The first-order valence-corrected chi connectivity index (χ1v) is 6.27. The zero-order valence-electron chi connectivity index (χ0n) is 10.0. The van der Waals surface area contributed by atoms with Gasteiger partial charge in [-0.25, -0.2) is 4.98 Å². The van der Waals surface area contributed by atoms with E-state index in [1.807, 2.05) is 6.07 Å². The summed E-state index contributed by atoms with van der Waals surface area (Å²) in [6, 6.07) is 4.61. The Morgan fingerprint density at radius 3 is 3.19 bits per heavy atom. The lowest BCUT2D eigenvalue weighted by Gasteiger charge is -2.25. The molecular weight excluding hydrogens is 198 g/mol. The van der Waals surface area contributed by atoms with Crippen molar-refractivity contribution in [3.63, 3.8) is 0 Å². The maximum atomic E-state index is 5.95. The molecule has 1 aromatic heterocycles.